The summed E-state index contributed by atoms with van der Waals surface area (Å²) in [4.78, 5) is 25.1. The van der Waals surface area contributed by atoms with Gasteiger partial charge in [0.1, 0.15) is 116 Å². The highest BCUT2D eigenvalue weighted by molar-refractivity contribution is 5.73. The number of rotatable bonds is 14. The zero-order valence-corrected chi connectivity index (χ0v) is 33.0. The minimum Gasteiger partial charge on any atom is -0.394 e. The van der Waals surface area contributed by atoms with Crippen molar-refractivity contribution in [2.24, 2.45) is 0 Å². The first-order valence-electron chi connectivity index (χ1n) is 19.5. The summed E-state index contributed by atoms with van der Waals surface area (Å²) in [7, 11) is 0. The Morgan fingerprint density at radius 2 is 0.885 bits per heavy atom. The van der Waals surface area contributed by atoms with Gasteiger partial charge in [0, 0.05) is 13.8 Å². The SMILES string of the molecule is CC(=O)N[C@H]1[C@H](O[C@H]2[C@H](O[C@@H]3O[C@@H](C)[C@@H](O)[C@@H](O)[C@@H]3O)[C@@H](NC(C)=O)[C@H](O[C@H]3[C@@H](O)[C@@H](CO)O[C@@H](O[C@H]4[C@H](O)[C@@H](O)C(O)O[C@@H]4CO)[C@@H]3O)O[C@@H]2CO)O[C@H](CO)[C@H](O)[C@@H]1O. The third-order valence-corrected chi connectivity index (χ3v) is 11.1. The molecule has 25 atom stereocenters. The molecular weight excluding hydrogens is 836 g/mol. The minimum atomic E-state index is -2.13. The summed E-state index contributed by atoms with van der Waals surface area (Å²) in [5, 5.41) is 153. The third-order valence-electron chi connectivity index (χ3n) is 11.1. The molecule has 0 aliphatic carbocycles. The lowest BCUT2D eigenvalue weighted by Crippen LogP contribution is -2.72. The quantitative estimate of drug-likeness (QED) is 0.0770. The number of aliphatic hydroxyl groups is 14. The Kier molecular flexibility index (Phi) is 17.5. The Bertz CT molecular complexity index is 1420. The van der Waals surface area contributed by atoms with E-state index in [0.29, 0.717) is 0 Å². The fourth-order valence-corrected chi connectivity index (χ4v) is 7.77. The van der Waals surface area contributed by atoms with Crippen LogP contribution in [0.1, 0.15) is 20.8 Å². The van der Waals surface area contributed by atoms with Crippen molar-refractivity contribution in [3.63, 3.8) is 0 Å². The normalized spacial score (nSPS) is 49.6. The van der Waals surface area contributed by atoms with Crippen LogP contribution in [0.15, 0.2) is 0 Å². The topological polar surface area (TPSA) is 424 Å². The second-order valence-corrected chi connectivity index (χ2v) is 15.4. The van der Waals surface area contributed by atoms with Crippen LogP contribution < -0.4 is 10.6 Å². The van der Waals surface area contributed by atoms with E-state index in [4.69, 9.17) is 42.6 Å². The van der Waals surface area contributed by atoms with Crippen LogP contribution in [0.4, 0.5) is 0 Å². The molecule has 0 spiro atoms. The Balaban J connectivity index is 1.53. The highest BCUT2D eigenvalue weighted by Gasteiger charge is 2.58. The van der Waals surface area contributed by atoms with E-state index in [2.05, 4.69) is 10.6 Å². The van der Waals surface area contributed by atoms with Crippen LogP contribution in [0.5, 0.6) is 0 Å². The van der Waals surface area contributed by atoms with Crippen LogP contribution in [0.25, 0.3) is 0 Å². The molecule has 5 aliphatic rings. The molecule has 0 aromatic carbocycles. The molecule has 27 nitrogen and oxygen atoms in total. The predicted octanol–water partition coefficient (Wildman–Crippen LogP) is -10.6. The summed E-state index contributed by atoms with van der Waals surface area (Å²) < 4.78 is 52.1. The molecule has 16 N–H and O–H groups in total. The molecule has 1 unspecified atom stereocenters. The van der Waals surface area contributed by atoms with E-state index in [1.807, 2.05) is 0 Å². The fourth-order valence-electron chi connectivity index (χ4n) is 7.77. The van der Waals surface area contributed by atoms with Gasteiger partial charge in [-0.2, -0.15) is 0 Å². The van der Waals surface area contributed by atoms with Crippen molar-refractivity contribution in [2.75, 3.05) is 26.4 Å². The molecule has 0 radical (unpaired) electrons. The average molecular weight is 895 g/mol. The molecule has 5 aliphatic heterocycles. The van der Waals surface area contributed by atoms with Crippen LogP contribution in [0.3, 0.4) is 0 Å². The number of aliphatic hydroxyl groups excluding tert-OH is 14. The van der Waals surface area contributed by atoms with Crippen molar-refractivity contribution in [1.82, 2.24) is 10.6 Å². The van der Waals surface area contributed by atoms with Crippen molar-refractivity contribution in [2.45, 2.75) is 174 Å². The van der Waals surface area contributed by atoms with Gasteiger partial charge in [0.05, 0.1) is 32.5 Å². The van der Waals surface area contributed by atoms with Crippen molar-refractivity contribution in [1.29, 1.82) is 0 Å². The van der Waals surface area contributed by atoms with E-state index in [-0.39, 0.29) is 0 Å². The van der Waals surface area contributed by atoms with Gasteiger partial charge in [-0.25, -0.2) is 0 Å². The molecule has 5 fully saturated rings. The number of hydrogen-bond acceptors (Lipinski definition) is 25. The van der Waals surface area contributed by atoms with E-state index in [9.17, 15) is 81.1 Å². The highest BCUT2D eigenvalue weighted by atomic mass is 16.8. The summed E-state index contributed by atoms with van der Waals surface area (Å²) in [5.74, 6) is -1.57. The van der Waals surface area contributed by atoms with E-state index < -0.39 is 192 Å². The molecule has 5 saturated heterocycles. The largest absolute Gasteiger partial charge is 0.394 e. The van der Waals surface area contributed by atoms with E-state index >= 15 is 0 Å². The maximum absolute atomic E-state index is 12.9. The van der Waals surface area contributed by atoms with Crippen LogP contribution in [0, 0.1) is 0 Å². The summed E-state index contributed by atoms with van der Waals surface area (Å²) >= 11 is 0. The lowest BCUT2D eigenvalue weighted by atomic mass is 9.93. The monoisotopic (exact) mass is 894 g/mol. The fraction of sp³-hybridized carbons (Fsp3) is 0.941. The van der Waals surface area contributed by atoms with Gasteiger partial charge < -0.3 is 125 Å². The van der Waals surface area contributed by atoms with Crippen molar-refractivity contribution in [3.8, 4) is 0 Å². The number of ether oxygens (including phenoxy) is 9. The number of carbonyl (C=O) groups excluding carboxylic acids is 2. The van der Waals surface area contributed by atoms with Crippen molar-refractivity contribution in [3.05, 3.63) is 0 Å². The van der Waals surface area contributed by atoms with E-state index in [0.717, 1.165) is 13.8 Å². The first-order chi connectivity index (χ1) is 28.8. The zero-order chi connectivity index (χ0) is 45.2. The maximum atomic E-state index is 12.9. The first kappa shape index (κ1) is 50.0. The number of carbonyl (C=O) groups is 2. The summed E-state index contributed by atoms with van der Waals surface area (Å²) in [6.45, 7) is -0.308. The zero-order valence-electron chi connectivity index (χ0n) is 33.0. The number of hydrogen-bond donors (Lipinski definition) is 16. The summed E-state index contributed by atoms with van der Waals surface area (Å²) in [6.07, 6.45) is -41.5. The van der Waals surface area contributed by atoms with Gasteiger partial charge >= 0.3 is 0 Å². The van der Waals surface area contributed by atoms with Gasteiger partial charge in [-0.15, -0.1) is 0 Å². The highest BCUT2D eigenvalue weighted by Crippen LogP contribution is 2.37. The van der Waals surface area contributed by atoms with Gasteiger partial charge in [0.25, 0.3) is 0 Å². The van der Waals surface area contributed by atoms with Crippen LogP contribution in [0.2, 0.25) is 0 Å². The second-order valence-electron chi connectivity index (χ2n) is 15.4. The first-order valence-corrected chi connectivity index (χ1v) is 19.5. The van der Waals surface area contributed by atoms with Crippen LogP contribution in [-0.2, 0) is 52.2 Å². The van der Waals surface area contributed by atoms with Crippen molar-refractivity contribution >= 4 is 11.8 Å². The molecule has 2 amide bonds. The molecule has 0 saturated carbocycles. The van der Waals surface area contributed by atoms with E-state index in [1.54, 1.807) is 0 Å². The van der Waals surface area contributed by atoms with Gasteiger partial charge in [-0.1, -0.05) is 0 Å². The predicted molar refractivity (Wildman–Crippen MR) is 188 cm³/mol. The second kappa shape index (κ2) is 21.3. The molecule has 5 heterocycles. The molecule has 0 aromatic rings. The third kappa shape index (κ3) is 10.8. The summed E-state index contributed by atoms with van der Waals surface area (Å²) in [6, 6.07) is -3.33. The Labute approximate surface area is 346 Å². The standard InChI is InChI=1S/C34H58N2O25/c1-8-17(43)21(47)24(50)33(53-8)60-28-16(36-10(3)42)32(57-14(7-40)27(28)59-31-15(35-9(2)41)20(46)18(44)11(4-37)55-31)61-29-19(45)12(5-38)56-34(25(29)51)58-26-13(6-39)54-30(52)23(49)22(26)48/h8,11-34,37-40,43-52H,4-7H2,1-3H3,(H,35,41)(H,36,42)/t8-,11+,12+,13+,14+,15+,16+,17+,18-,19-,20+,21+,22+,23+,24-,25+,26+,27+,28+,29-,30?,31-,32-,33-,34-/m0/s1. The Morgan fingerprint density at radius 3 is 1.48 bits per heavy atom. The smallest absolute Gasteiger partial charge is 0.217 e. The Morgan fingerprint density at radius 1 is 0.426 bits per heavy atom. The summed E-state index contributed by atoms with van der Waals surface area (Å²) in [5.41, 5.74) is 0. The molecule has 27 heteroatoms. The lowest BCUT2D eigenvalue weighted by molar-refractivity contribution is -0.388. The van der Waals surface area contributed by atoms with Gasteiger partial charge in [-0.05, 0) is 6.92 Å². The lowest BCUT2D eigenvalue weighted by Gasteiger charge is -2.52. The number of amides is 2. The Hall–Kier alpha value is -1.98. The van der Waals surface area contributed by atoms with Crippen molar-refractivity contribution < 1.29 is 124 Å². The molecular formula is C34H58N2O25. The van der Waals surface area contributed by atoms with E-state index in [1.165, 1.54) is 6.92 Å². The van der Waals surface area contributed by atoms with Crippen LogP contribution >= 0.6 is 0 Å². The average Bonchev–Trinajstić information content (AvgIpc) is 3.22. The molecule has 0 bridgehead atoms. The van der Waals surface area contributed by atoms with Gasteiger partial charge in [0.2, 0.25) is 11.8 Å². The molecule has 0 aromatic heterocycles. The molecule has 354 valence electrons. The van der Waals surface area contributed by atoms with Gasteiger partial charge in [-0.3, -0.25) is 9.59 Å². The van der Waals surface area contributed by atoms with Gasteiger partial charge in [0.15, 0.2) is 31.5 Å². The number of nitrogens with one attached hydrogen (secondary N) is 2. The molecule has 5 rings (SSSR count). The van der Waals surface area contributed by atoms with Crippen LogP contribution in [-0.4, -0.2) is 263 Å². The maximum Gasteiger partial charge on any atom is 0.217 e. The minimum absolute atomic E-state index is 0.740. The molecule has 61 heavy (non-hydrogen) atoms.